The number of benzene rings is 7. The van der Waals surface area contributed by atoms with Crippen LogP contribution < -0.4 is 0 Å². The smallest absolute Gasteiger partial charge is 0.181 e. The van der Waals surface area contributed by atoms with Crippen LogP contribution in [0.1, 0.15) is 0 Å². The maximum atomic E-state index is 4.88. The molecule has 9 rings (SSSR count). The first-order valence-corrected chi connectivity index (χ1v) is 15.8. The zero-order valence-electron chi connectivity index (χ0n) is 25.5. The third-order valence-corrected chi connectivity index (χ3v) is 8.98. The maximum Gasteiger partial charge on any atom is 0.181 e. The van der Waals surface area contributed by atoms with Crippen LogP contribution in [0.3, 0.4) is 0 Å². The second kappa shape index (κ2) is 11.2. The molecule has 0 amide bonds. The molecular formula is C43H28N4. The zero-order valence-corrected chi connectivity index (χ0v) is 25.5. The SMILES string of the molecule is c1ccc(-c2c3ccccc3c(-c3ccccc3)c3cc(-c4ccc(-n5c(-c6ccccc6)nc6ncncc65)cc4)ccc23)cc1. The topological polar surface area (TPSA) is 43.6 Å². The third kappa shape index (κ3) is 4.58. The summed E-state index contributed by atoms with van der Waals surface area (Å²) in [5.74, 6) is 0.840. The molecule has 0 unspecified atom stereocenters. The predicted molar refractivity (Wildman–Crippen MR) is 193 cm³/mol. The van der Waals surface area contributed by atoms with Crippen LogP contribution in [0.2, 0.25) is 0 Å². The third-order valence-electron chi connectivity index (χ3n) is 8.98. The van der Waals surface area contributed by atoms with Crippen LogP contribution in [0.25, 0.3) is 83.2 Å². The Morgan fingerprint density at radius 3 is 1.60 bits per heavy atom. The standard InChI is InChI=1S/C43H28N4/c1-4-12-30(13-5-1)40-35-18-10-11-19-36(35)41(31-14-6-2-7-15-31)38-26-33(22-25-37(38)40)29-20-23-34(24-21-29)47-39-27-44-28-45-42(39)46-43(47)32-16-8-3-9-17-32/h1-28H. The monoisotopic (exact) mass is 600 g/mol. The van der Waals surface area contributed by atoms with E-state index in [0.29, 0.717) is 5.65 Å². The molecule has 0 aliphatic carbocycles. The second-order valence-corrected chi connectivity index (χ2v) is 11.7. The zero-order chi connectivity index (χ0) is 31.2. The van der Waals surface area contributed by atoms with Crippen molar-refractivity contribution in [3.05, 3.63) is 170 Å². The molecule has 2 aromatic heterocycles. The Bertz CT molecular complexity index is 2540. The van der Waals surface area contributed by atoms with Crippen molar-refractivity contribution < 1.29 is 0 Å². The van der Waals surface area contributed by atoms with Crippen molar-refractivity contribution in [3.63, 3.8) is 0 Å². The van der Waals surface area contributed by atoms with Gasteiger partial charge in [-0.15, -0.1) is 0 Å². The highest BCUT2D eigenvalue weighted by Gasteiger charge is 2.18. The van der Waals surface area contributed by atoms with E-state index in [0.717, 1.165) is 33.7 Å². The van der Waals surface area contributed by atoms with Gasteiger partial charge in [0.25, 0.3) is 0 Å². The summed E-state index contributed by atoms with van der Waals surface area (Å²) in [5.41, 5.74) is 10.8. The lowest BCUT2D eigenvalue weighted by atomic mass is 9.85. The molecule has 4 heteroatoms. The molecule has 220 valence electrons. The summed E-state index contributed by atoms with van der Waals surface area (Å²) in [4.78, 5) is 13.6. The summed E-state index contributed by atoms with van der Waals surface area (Å²) in [7, 11) is 0. The van der Waals surface area contributed by atoms with Gasteiger partial charge in [-0.25, -0.2) is 15.0 Å². The fraction of sp³-hybridized carbons (Fsp3) is 0. The van der Waals surface area contributed by atoms with Crippen molar-refractivity contribution >= 4 is 32.7 Å². The summed E-state index contributed by atoms with van der Waals surface area (Å²) >= 11 is 0. The lowest BCUT2D eigenvalue weighted by Gasteiger charge is -2.19. The fourth-order valence-corrected chi connectivity index (χ4v) is 6.86. The average Bonchev–Trinajstić information content (AvgIpc) is 3.54. The Kier molecular flexibility index (Phi) is 6.43. The molecule has 4 nitrogen and oxygen atoms in total. The van der Waals surface area contributed by atoms with Gasteiger partial charge in [0.15, 0.2) is 5.65 Å². The van der Waals surface area contributed by atoms with Gasteiger partial charge in [0.1, 0.15) is 17.7 Å². The second-order valence-electron chi connectivity index (χ2n) is 11.7. The van der Waals surface area contributed by atoms with Crippen molar-refractivity contribution in [1.29, 1.82) is 0 Å². The Morgan fingerprint density at radius 1 is 0.426 bits per heavy atom. The molecule has 0 atom stereocenters. The normalized spacial score (nSPS) is 11.4. The summed E-state index contributed by atoms with van der Waals surface area (Å²) < 4.78 is 2.14. The molecule has 0 fully saturated rings. The van der Waals surface area contributed by atoms with Crippen LogP contribution in [0, 0.1) is 0 Å². The van der Waals surface area contributed by atoms with Crippen molar-refractivity contribution in [2.45, 2.75) is 0 Å². The molecule has 0 bridgehead atoms. The van der Waals surface area contributed by atoms with E-state index in [9.17, 15) is 0 Å². The minimum atomic E-state index is 0.673. The van der Waals surface area contributed by atoms with E-state index in [2.05, 4.69) is 154 Å². The number of hydrogen-bond donors (Lipinski definition) is 0. The first-order chi connectivity index (χ1) is 23.3. The fourth-order valence-electron chi connectivity index (χ4n) is 6.86. The van der Waals surface area contributed by atoms with Gasteiger partial charge >= 0.3 is 0 Å². The predicted octanol–water partition coefficient (Wildman–Crippen LogP) is 10.8. The van der Waals surface area contributed by atoms with Crippen LogP contribution in [0.15, 0.2) is 170 Å². The van der Waals surface area contributed by atoms with E-state index in [4.69, 9.17) is 4.98 Å². The Labute approximate surface area is 272 Å². The highest BCUT2D eigenvalue weighted by atomic mass is 15.1. The van der Waals surface area contributed by atoms with Crippen molar-refractivity contribution in [2.24, 2.45) is 0 Å². The maximum absolute atomic E-state index is 4.88. The van der Waals surface area contributed by atoms with Crippen molar-refractivity contribution in [1.82, 2.24) is 19.5 Å². The minimum absolute atomic E-state index is 0.673. The average molecular weight is 601 g/mol. The van der Waals surface area contributed by atoms with Gasteiger partial charge in [-0.3, -0.25) is 4.57 Å². The Hall–Kier alpha value is -6.39. The number of aromatic nitrogens is 4. The van der Waals surface area contributed by atoms with Crippen LogP contribution in [0.4, 0.5) is 0 Å². The highest BCUT2D eigenvalue weighted by molar-refractivity contribution is 6.21. The molecule has 7 aromatic carbocycles. The highest BCUT2D eigenvalue weighted by Crippen LogP contribution is 2.44. The van der Waals surface area contributed by atoms with Gasteiger partial charge < -0.3 is 0 Å². The molecule has 0 aliphatic rings. The number of nitrogens with zero attached hydrogens (tertiary/aromatic N) is 4. The lowest BCUT2D eigenvalue weighted by Crippen LogP contribution is -1.98. The Morgan fingerprint density at radius 2 is 0.957 bits per heavy atom. The molecule has 0 aliphatic heterocycles. The summed E-state index contributed by atoms with van der Waals surface area (Å²) in [6, 6.07) is 56.2. The molecule has 9 aromatic rings. The van der Waals surface area contributed by atoms with E-state index in [1.807, 2.05) is 24.4 Å². The van der Waals surface area contributed by atoms with Crippen LogP contribution >= 0.6 is 0 Å². The summed E-state index contributed by atoms with van der Waals surface area (Å²) in [6.07, 6.45) is 3.38. The van der Waals surface area contributed by atoms with Gasteiger partial charge in [-0.05, 0) is 73.1 Å². The van der Waals surface area contributed by atoms with Crippen molar-refractivity contribution in [2.75, 3.05) is 0 Å². The molecule has 0 spiro atoms. The first-order valence-electron chi connectivity index (χ1n) is 15.8. The van der Waals surface area contributed by atoms with Gasteiger partial charge in [0.05, 0.1) is 6.20 Å². The van der Waals surface area contributed by atoms with Crippen molar-refractivity contribution in [3.8, 4) is 50.5 Å². The van der Waals surface area contributed by atoms with E-state index in [1.54, 1.807) is 6.33 Å². The number of imidazole rings is 1. The van der Waals surface area contributed by atoms with E-state index >= 15 is 0 Å². The molecule has 0 saturated carbocycles. The molecule has 2 heterocycles. The van der Waals surface area contributed by atoms with Gasteiger partial charge in [0.2, 0.25) is 0 Å². The lowest BCUT2D eigenvalue weighted by molar-refractivity contribution is 1.10. The number of hydrogen-bond acceptors (Lipinski definition) is 3. The number of fused-ring (bicyclic) bond motifs is 3. The molecule has 0 radical (unpaired) electrons. The Balaban J connectivity index is 1.24. The number of rotatable bonds is 5. The summed E-state index contributed by atoms with van der Waals surface area (Å²) in [5, 5.41) is 4.99. The molecule has 0 N–H and O–H groups in total. The van der Waals surface area contributed by atoms with Gasteiger partial charge in [-0.2, -0.15) is 0 Å². The minimum Gasteiger partial charge on any atom is -0.289 e. The van der Waals surface area contributed by atoms with Gasteiger partial charge in [-0.1, -0.05) is 140 Å². The quantitative estimate of drug-likeness (QED) is 0.185. The first kappa shape index (κ1) is 27.0. The van der Waals surface area contributed by atoms with E-state index in [1.165, 1.54) is 43.8 Å². The van der Waals surface area contributed by atoms with Crippen LogP contribution in [0.5, 0.6) is 0 Å². The largest absolute Gasteiger partial charge is 0.289 e. The van der Waals surface area contributed by atoms with Crippen LogP contribution in [-0.2, 0) is 0 Å². The molecule has 0 saturated heterocycles. The summed E-state index contributed by atoms with van der Waals surface area (Å²) in [6.45, 7) is 0. The van der Waals surface area contributed by atoms with E-state index in [-0.39, 0.29) is 0 Å². The molecular weight excluding hydrogens is 573 g/mol. The molecule has 47 heavy (non-hydrogen) atoms. The van der Waals surface area contributed by atoms with E-state index < -0.39 is 0 Å². The van der Waals surface area contributed by atoms with Gasteiger partial charge in [0, 0.05) is 11.3 Å². The van der Waals surface area contributed by atoms with Crippen LogP contribution in [-0.4, -0.2) is 19.5 Å².